The Morgan fingerprint density at radius 1 is 0.974 bits per heavy atom. The summed E-state index contributed by atoms with van der Waals surface area (Å²) in [6.07, 6.45) is -9.56. The highest BCUT2D eigenvalue weighted by atomic mass is 19.4. The Morgan fingerprint density at radius 2 is 1.62 bits per heavy atom. The number of carbonyl (C=O) groups excluding carboxylic acids is 1. The number of H-pyrrole nitrogens is 1. The van der Waals surface area contributed by atoms with Gasteiger partial charge in [-0.3, -0.25) is 9.59 Å². The molecule has 14 heteroatoms. The third-order valence-corrected chi connectivity index (χ3v) is 6.31. The molecule has 2 heterocycles. The van der Waals surface area contributed by atoms with Crippen molar-refractivity contribution >= 4 is 11.6 Å². The quantitative estimate of drug-likeness (QED) is 0.416. The maximum Gasteiger partial charge on any atom is 0.433 e. The molecule has 0 atom stereocenters. The molecule has 0 spiro atoms. The molecule has 0 saturated carbocycles. The fraction of sp³-hybridized carbons (Fsp3) is 0.320. The Labute approximate surface area is 215 Å². The summed E-state index contributed by atoms with van der Waals surface area (Å²) >= 11 is 0. The van der Waals surface area contributed by atoms with Crippen molar-refractivity contribution in [2.24, 2.45) is 5.92 Å². The normalized spacial score (nSPS) is 14.9. The summed E-state index contributed by atoms with van der Waals surface area (Å²) in [7, 11) is 0. The Balaban J connectivity index is 1.53. The van der Waals surface area contributed by atoms with Crippen LogP contribution >= 0.6 is 0 Å². The van der Waals surface area contributed by atoms with Gasteiger partial charge in [-0.05, 0) is 43.2 Å². The fourth-order valence-electron chi connectivity index (χ4n) is 4.32. The fourth-order valence-corrected chi connectivity index (χ4v) is 4.32. The van der Waals surface area contributed by atoms with Crippen molar-refractivity contribution in [2.45, 2.75) is 31.7 Å². The van der Waals surface area contributed by atoms with E-state index in [9.17, 15) is 40.3 Å². The highest BCUT2D eigenvalue weighted by molar-refractivity contribution is 5.79. The van der Waals surface area contributed by atoms with Crippen LogP contribution in [0.2, 0.25) is 0 Å². The van der Waals surface area contributed by atoms with Crippen molar-refractivity contribution in [1.82, 2.24) is 15.3 Å². The molecule has 0 bridgehead atoms. The van der Waals surface area contributed by atoms with Crippen molar-refractivity contribution in [2.75, 3.05) is 18.0 Å². The van der Waals surface area contributed by atoms with Crippen molar-refractivity contribution in [1.29, 1.82) is 0 Å². The predicted molar refractivity (Wildman–Crippen MR) is 123 cm³/mol. The smallest absolute Gasteiger partial charge is 0.371 e. The SMILES string of the molecule is O=C(NCc1ccc(C(F)(F)F)c(-c2nc(C(F)(F)F)cc(=O)[nH]2)c1F)C1CCN(c2ccc(F)cc2)CC1. The number of anilines is 1. The zero-order chi connectivity index (χ0) is 28.5. The molecule has 1 aliphatic heterocycles. The first kappa shape index (κ1) is 28.0. The second kappa shape index (κ2) is 10.7. The Kier molecular flexibility index (Phi) is 7.66. The number of halogens is 8. The van der Waals surface area contributed by atoms with E-state index in [1.54, 1.807) is 17.1 Å². The first-order valence-electron chi connectivity index (χ1n) is 11.6. The van der Waals surface area contributed by atoms with E-state index in [-0.39, 0.29) is 11.9 Å². The number of alkyl halides is 6. The van der Waals surface area contributed by atoms with Gasteiger partial charge in [0.2, 0.25) is 5.91 Å². The van der Waals surface area contributed by atoms with Gasteiger partial charge in [0, 0.05) is 42.9 Å². The van der Waals surface area contributed by atoms with E-state index in [2.05, 4.69) is 10.3 Å². The van der Waals surface area contributed by atoms with Gasteiger partial charge in [-0.15, -0.1) is 0 Å². The highest BCUT2D eigenvalue weighted by Crippen LogP contribution is 2.39. The summed E-state index contributed by atoms with van der Waals surface area (Å²) in [5.41, 5.74) is -5.91. The third kappa shape index (κ3) is 6.37. The van der Waals surface area contributed by atoms with E-state index in [4.69, 9.17) is 0 Å². The molecule has 2 N–H and O–H groups in total. The molecule has 4 rings (SSSR count). The van der Waals surface area contributed by atoms with Gasteiger partial charge in [-0.25, -0.2) is 13.8 Å². The second-order valence-corrected chi connectivity index (χ2v) is 8.89. The number of rotatable bonds is 5. The molecular weight excluding hydrogens is 540 g/mol. The molecule has 1 aromatic heterocycles. The lowest BCUT2D eigenvalue weighted by Crippen LogP contribution is -2.40. The zero-order valence-corrected chi connectivity index (χ0v) is 19.9. The highest BCUT2D eigenvalue weighted by Gasteiger charge is 2.38. The van der Waals surface area contributed by atoms with Gasteiger partial charge in [-0.2, -0.15) is 26.3 Å². The monoisotopic (exact) mass is 560 g/mol. The lowest BCUT2D eigenvalue weighted by atomic mass is 9.95. The number of aromatic amines is 1. The summed E-state index contributed by atoms with van der Waals surface area (Å²) in [5.74, 6) is -4.19. The summed E-state index contributed by atoms with van der Waals surface area (Å²) in [6.45, 7) is 0.380. The van der Waals surface area contributed by atoms with Crippen LogP contribution in [0.4, 0.5) is 40.8 Å². The number of piperidine rings is 1. The summed E-state index contributed by atoms with van der Waals surface area (Å²) in [4.78, 5) is 31.1. The van der Waals surface area contributed by atoms with Gasteiger partial charge in [0.15, 0.2) is 5.69 Å². The van der Waals surface area contributed by atoms with E-state index < -0.39 is 70.3 Å². The number of carbonyl (C=O) groups is 1. The molecule has 1 amide bonds. The average molecular weight is 560 g/mol. The van der Waals surface area contributed by atoms with Crippen LogP contribution < -0.4 is 15.8 Å². The third-order valence-electron chi connectivity index (χ3n) is 6.31. The van der Waals surface area contributed by atoms with Crippen LogP contribution in [0.15, 0.2) is 47.3 Å². The van der Waals surface area contributed by atoms with E-state index in [1.807, 2.05) is 4.90 Å². The number of nitrogens with one attached hydrogen (secondary N) is 2. The predicted octanol–water partition coefficient (Wildman–Crippen LogP) is 5.29. The standard InChI is InChI=1S/C25H20F8N4O2/c26-15-2-4-16(5-3-15)37-9-7-13(8-10-37)23(39)34-12-14-1-6-17(24(28,29)30)20(21(14)27)22-35-18(25(31,32)33)11-19(38)36-22/h1-6,11,13H,7-10,12H2,(H,34,39)(H,35,36,38). The van der Waals surface area contributed by atoms with Gasteiger partial charge in [0.1, 0.15) is 17.5 Å². The lowest BCUT2D eigenvalue weighted by Gasteiger charge is -2.33. The van der Waals surface area contributed by atoms with E-state index in [1.165, 1.54) is 12.1 Å². The lowest BCUT2D eigenvalue weighted by molar-refractivity contribution is -0.141. The molecule has 39 heavy (non-hydrogen) atoms. The van der Waals surface area contributed by atoms with Crippen LogP contribution in [0.25, 0.3) is 11.4 Å². The number of nitrogens with zero attached hydrogens (tertiary/aromatic N) is 2. The Morgan fingerprint density at radius 3 is 2.21 bits per heavy atom. The van der Waals surface area contributed by atoms with Crippen LogP contribution in [0.5, 0.6) is 0 Å². The summed E-state index contributed by atoms with van der Waals surface area (Å²) in [5, 5.41) is 2.45. The summed E-state index contributed by atoms with van der Waals surface area (Å²) in [6, 6.07) is 7.07. The number of amides is 1. The molecule has 3 aromatic rings. The maximum atomic E-state index is 15.3. The van der Waals surface area contributed by atoms with Gasteiger partial charge in [0.25, 0.3) is 5.56 Å². The molecule has 6 nitrogen and oxygen atoms in total. The van der Waals surface area contributed by atoms with Crippen molar-refractivity contribution < 1.29 is 39.9 Å². The van der Waals surface area contributed by atoms with E-state index in [0.29, 0.717) is 32.0 Å². The largest absolute Gasteiger partial charge is 0.433 e. The molecule has 0 unspecified atom stereocenters. The second-order valence-electron chi connectivity index (χ2n) is 8.89. The number of benzene rings is 2. The number of aromatic nitrogens is 2. The minimum absolute atomic E-state index is 0.0418. The van der Waals surface area contributed by atoms with Gasteiger partial charge in [0.05, 0.1) is 11.1 Å². The zero-order valence-electron chi connectivity index (χ0n) is 19.9. The van der Waals surface area contributed by atoms with Gasteiger partial charge >= 0.3 is 12.4 Å². The maximum absolute atomic E-state index is 15.3. The molecule has 0 radical (unpaired) electrons. The topological polar surface area (TPSA) is 78.1 Å². The molecule has 0 aliphatic carbocycles. The molecule has 208 valence electrons. The van der Waals surface area contributed by atoms with Crippen LogP contribution in [-0.2, 0) is 23.7 Å². The minimum Gasteiger partial charge on any atom is -0.371 e. The summed E-state index contributed by atoms with van der Waals surface area (Å²) < 4.78 is 109. The van der Waals surface area contributed by atoms with Crippen molar-refractivity contribution in [3.63, 3.8) is 0 Å². The van der Waals surface area contributed by atoms with Crippen LogP contribution in [0, 0.1) is 17.6 Å². The van der Waals surface area contributed by atoms with Crippen LogP contribution in [0.3, 0.4) is 0 Å². The Hall–Kier alpha value is -3.97. The molecule has 1 fully saturated rings. The van der Waals surface area contributed by atoms with Crippen molar-refractivity contribution in [3.8, 4) is 11.4 Å². The first-order valence-corrected chi connectivity index (χ1v) is 11.6. The van der Waals surface area contributed by atoms with E-state index in [0.717, 1.165) is 11.8 Å². The first-order chi connectivity index (χ1) is 18.2. The molecular formula is C25H20F8N4O2. The van der Waals surface area contributed by atoms with Gasteiger partial charge in [-0.1, -0.05) is 6.07 Å². The number of hydrogen-bond acceptors (Lipinski definition) is 4. The molecule has 1 aliphatic rings. The number of hydrogen-bond donors (Lipinski definition) is 2. The van der Waals surface area contributed by atoms with Crippen LogP contribution in [-0.4, -0.2) is 29.0 Å². The molecule has 1 saturated heterocycles. The van der Waals surface area contributed by atoms with E-state index >= 15 is 4.39 Å². The van der Waals surface area contributed by atoms with Gasteiger partial charge < -0.3 is 15.2 Å². The Bertz CT molecular complexity index is 1410. The van der Waals surface area contributed by atoms with Crippen molar-refractivity contribution in [3.05, 3.63) is 81.3 Å². The minimum atomic E-state index is -5.19. The molecule has 2 aromatic carbocycles. The van der Waals surface area contributed by atoms with Crippen LogP contribution in [0.1, 0.15) is 29.7 Å². The average Bonchev–Trinajstić information content (AvgIpc) is 2.86.